The number of aromatic nitrogens is 2. The average molecular weight is 364 g/mol. The molecule has 0 fully saturated rings. The molecule has 0 aliphatic rings. The molecule has 130 valence electrons. The van der Waals surface area contributed by atoms with Gasteiger partial charge in [-0.25, -0.2) is 4.79 Å². The minimum atomic E-state index is -4.89. The molecule has 2 aromatic rings. The second-order valence-corrected chi connectivity index (χ2v) is 5.50. The highest BCUT2D eigenvalue weighted by Crippen LogP contribution is 2.25. The third-order valence-corrected chi connectivity index (χ3v) is 3.50. The highest BCUT2D eigenvalue weighted by molar-refractivity contribution is 6.30. The van der Waals surface area contributed by atoms with Gasteiger partial charge >= 0.3 is 11.9 Å². The van der Waals surface area contributed by atoms with Gasteiger partial charge in [0.05, 0.1) is 12.2 Å². The maximum atomic E-state index is 12.6. The Hall–Kier alpha value is -2.26. The predicted molar refractivity (Wildman–Crippen MR) is 80.4 cm³/mol. The molecule has 1 aromatic carbocycles. The quantitative estimate of drug-likeness (QED) is 0.841. The van der Waals surface area contributed by atoms with Crippen molar-refractivity contribution in [1.29, 1.82) is 0 Å². The zero-order valence-corrected chi connectivity index (χ0v) is 12.9. The Morgan fingerprint density at radius 2 is 1.88 bits per heavy atom. The summed E-state index contributed by atoms with van der Waals surface area (Å²) >= 11 is 5.76. The van der Waals surface area contributed by atoms with Gasteiger partial charge < -0.3 is 10.8 Å². The number of amides is 1. The molecule has 6 nitrogen and oxygen atoms in total. The van der Waals surface area contributed by atoms with Gasteiger partial charge in [-0.15, -0.1) is 0 Å². The molecule has 0 saturated carbocycles. The Kier molecular flexibility index (Phi) is 5.05. The summed E-state index contributed by atoms with van der Waals surface area (Å²) in [6.45, 7) is -1.50. The van der Waals surface area contributed by atoms with E-state index in [1.54, 1.807) is 0 Å². The lowest BCUT2D eigenvalue weighted by Crippen LogP contribution is -2.37. The number of primary amides is 1. The number of rotatable bonds is 5. The van der Waals surface area contributed by atoms with Crippen LogP contribution in [0.15, 0.2) is 35.3 Å². The molecule has 1 atom stereocenters. The first-order chi connectivity index (χ1) is 11.1. The number of imidazole rings is 1. The summed E-state index contributed by atoms with van der Waals surface area (Å²) in [6, 6.07) is 6.00. The van der Waals surface area contributed by atoms with E-state index in [-0.39, 0.29) is 5.69 Å². The van der Waals surface area contributed by atoms with E-state index in [0.29, 0.717) is 10.6 Å². The molecule has 0 spiro atoms. The standard InChI is InChI=1S/C14H13ClF3N3O3/c15-9-3-1-8(2-4-9)10-5-20(7-12(19)23)13(24)21(10)6-11(22)14(16,17)18/h1-5,11,22H,6-7H2,(H2,19,23). The number of nitrogens with zero attached hydrogens (tertiary/aromatic N) is 2. The fourth-order valence-electron chi connectivity index (χ4n) is 2.12. The summed E-state index contributed by atoms with van der Waals surface area (Å²) in [4.78, 5) is 23.3. The molecular formula is C14H13ClF3N3O3. The fraction of sp³-hybridized carbons (Fsp3) is 0.286. The summed E-state index contributed by atoms with van der Waals surface area (Å²) in [6.07, 6.45) is -6.41. The first-order valence-electron chi connectivity index (χ1n) is 6.68. The van der Waals surface area contributed by atoms with E-state index in [0.717, 1.165) is 9.13 Å². The van der Waals surface area contributed by atoms with Crippen molar-refractivity contribution in [2.24, 2.45) is 5.73 Å². The van der Waals surface area contributed by atoms with Crippen LogP contribution in [0.25, 0.3) is 11.3 Å². The molecule has 1 unspecified atom stereocenters. The number of benzene rings is 1. The summed E-state index contributed by atoms with van der Waals surface area (Å²) in [7, 11) is 0. The molecule has 0 radical (unpaired) electrons. The lowest BCUT2D eigenvalue weighted by Gasteiger charge is -2.16. The molecule has 0 aliphatic heterocycles. The van der Waals surface area contributed by atoms with Crippen LogP contribution in [0.1, 0.15) is 0 Å². The number of alkyl halides is 3. The van der Waals surface area contributed by atoms with Gasteiger partial charge in [0, 0.05) is 11.2 Å². The number of hydrogen-bond donors (Lipinski definition) is 2. The van der Waals surface area contributed by atoms with E-state index in [4.69, 9.17) is 17.3 Å². The maximum absolute atomic E-state index is 12.6. The first kappa shape index (κ1) is 18.1. The fourth-order valence-corrected chi connectivity index (χ4v) is 2.24. The Labute approximate surface area is 138 Å². The Morgan fingerprint density at radius 1 is 1.29 bits per heavy atom. The SMILES string of the molecule is NC(=O)Cn1cc(-c2ccc(Cl)cc2)n(CC(O)C(F)(F)F)c1=O. The van der Waals surface area contributed by atoms with Crippen LogP contribution in [0.4, 0.5) is 13.2 Å². The molecule has 3 N–H and O–H groups in total. The van der Waals surface area contributed by atoms with Gasteiger partial charge in [0.15, 0.2) is 6.10 Å². The normalized spacial score (nSPS) is 13.0. The number of halogens is 4. The molecule has 1 aromatic heterocycles. The van der Waals surface area contributed by atoms with E-state index in [9.17, 15) is 27.9 Å². The van der Waals surface area contributed by atoms with Crippen LogP contribution >= 0.6 is 11.6 Å². The highest BCUT2D eigenvalue weighted by atomic mass is 35.5. The molecule has 0 saturated heterocycles. The summed E-state index contributed by atoms with van der Waals surface area (Å²) in [5, 5.41) is 9.67. The van der Waals surface area contributed by atoms with Crippen molar-refractivity contribution in [3.05, 3.63) is 46.0 Å². The maximum Gasteiger partial charge on any atom is 0.416 e. The molecule has 1 amide bonds. The van der Waals surface area contributed by atoms with Gasteiger partial charge in [-0.3, -0.25) is 13.9 Å². The lowest BCUT2D eigenvalue weighted by atomic mass is 10.1. The molecule has 1 heterocycles. The van der Waals surface area contributed by atoms with E-state index in [1.165, 1.54) is 30.5 Å². The topological polar surface area (TPSA) is 90.2 Å². The minimum absolute atomic E-state index is 0.0983. The van der Waals surface area contributed by atoms with Crippen molar-refractivity contribution in [2.45, 2.75) is 25.4 Å². The third kappa shape index (κ3) is 3.98. The first-order valence-corrected chi connectivity index (χ1v) is 7.06. The average Bonchev–Trinajstić information content (AvgIpc) is 2.76. The second-order valence-electron chi connectivity index (χ2n) is 5.07. The highest BCUT2D eigenvalue weighted by Gasteiger charge is 2.39. The van der Waals surface area contributed by atoms with Gasteiger partial charge in [0.2, 0.25) is 5.91 Å². The molecule has 24 heavy (non-hydrogen) atoms. The second kappa shape index (κ2) is 6.70. The Bertz CT molecular complexity index is 796. The number of hydrogen-bond acceptors (Lipinski definition) is 3. The van der Waals surface area contributed by atoms with Crippen LogP contribution < -0.4 is 11.4 Å². The predicted octanol–water partition coefficient (Wildman–Crippen LogP) is 1.38. The van der Waals surface area contributed by atoms with Crippen LogP contribution in [0.5, 0.6) is 0 Å². The van der Waals surface area contributed by atoms with Crippen LogP contribution in [-0.2, 0) is 17.9 Å². The summed E-state index contributed by atoms with van der Waals surface area (Å²) < 4.78 is 39.4. The zero-order valence-electron chi connectivity index (χ0n) is 12.1. The lowest BCUT2D eigenvalue weighted by molar-refractivity contribution is -0.207. The van der Waals surface area contributed by atoms with Gasteiger partial charge in [0.1, 0.15) is 6.54 Å². The van der Waals surface area contributed by atoms with Crippen molar-refractivity contribution in [2.75, 3.05) is 0 Å². The van der Waals surface area contributed by atoms with Crippen LogP contribution in [-0.4, -0.2) is 32.4 Å². The molecule has 0 bridgehead atoms. The number of nitrogens with two attached hydrogens (primary N) is 1. The van der Waals surface area contributed by atoms with Crippen LogP contribution in [0.2, 0.25) is 5.02 Å². The number of aliphatic hydroxyl groups excluding tert-OH is 1. The van der Waals surface area contributed by atoms with Crippen molar-refractivity contribution in [3.63, 3.8) is 0 Å². The van der Waals surface area contributed by atoms with Crippen LogP contribution in [0.3, 0.4) is 0 Å². The molecular weight excluding hydrogens is 351 g/mol. The van der Waals surface area contributed by atoms with Crippen LogP contribution in [0, 0.1) is 0 Å². The van der Waals surface area contributed by atoms with E-state index in [2.05, 4.69) is 0 Å². The van der Waals surface area contributed by atoms with Gasteiger partial charge in [-0.1, -0.05) is 23.7 Å². The number of aliphatic hydroxyl groups is 1. The Balaban J connectivity index is 2.53. The third-order valence-electron chi connectivity index (χ3n) is 3.25. The zero-order chi connectivity index (χ0) is 18.1. The van der Waals surface area contributed by atoms with Gasteiger partial charge in [0.25, 0.3) is 0 Å². The van der Waals surface area contributed by atoms with E-state index in [1.807, 2.05) is 0 Å². The summed E-state index contributed by atoms with van der Waals surface area (Å²) in [5.41, 5.74) is 4.64. The number of carbonyl (C=O) groups is 1. The van der Waals surface area contributed by atoms with Gasteiger partial charge in [-0.05, 0) is 17.7 Å². The smallest absolute Gasteiger partial charge is 0.382 e. The van der Waals surface area contributed by atoms with E-state index < -0.39 is 37.0 Å². The largest absolute Gasteiger partial charge is 0.416 e. The molecule has 0 aliphatic carbocycles. The minimum Gasteiger partial charge on any atom is -0.382 e. The monoisotopic (exact) mass is 363 g/mol. The summed E-state index contributed by atoms with van der Waals surface area (Å²) in [5.74, 6) is -0.826. The van der Waals surface area contributed by atoms with Crippen molar-refractivity contribution in [1.82, 2.24) is 9.13 Å². The molecule has 2 rings (SSSR count). The Morgan fingerprint density at radius 3 is 2.38 bits per heavy atom. The van der Waals surface area contributed by atoms with Crippen molar-refractivity contribution >= 4 is 17.5 Å². The molecule has 10 heteroatoms. The van der Waals surface area contributed by atoms with Crippen molar-refractivity contribution < 1.29 is 23.1 Å². The van der Waals surface area contributed by atoms with Crippen molar-refractivity contribution in [3.8, 4) is 11.3 Å². The van der Waals surface area contributed by atoms with Gasteiger partial charge in [-0.2, -0.15) is 13.2 Å². The van der Waals surface area contributed by atoms with E-state index >= 15 is 0 Å². The number of carbonyl (C=O) groups excluding carboxylic acids is 1.